The second-order valence-electron chi connectivity index (χ2n) is 3.49. The SMILES string of the molecule is Cc1ccc(C(=O)OCCOCCOCCO)o1. The van der Waals surface area contributed by atoms with Crippen molar-refractivity contribution in [2.45, 2.75) is 6.92 Å². The number of carbonyl (C=O) groups excluding carboxylic acids is 1. The smallest absolute Gasteiger partial charge is 0.374 e. The molecule has 6 heteroatoms. The summed E-state index contributed by atoms with van der Waals surface area (Å²) < 4.78 is 20.2. The van der Waals surface area contributed by atoms with Crippen LogP contribution in [-0.2, 0) is 14.2 Å². The molecule has 102 valence electrons. The van der Waals surface area contributed by atoms with E-state index in [-0.39, 0.29) is 19.0 Å². The zero-order chi connectivity index (χ0) is 13.2. The summed E-state index contributed by atoms with van der Waals surface area (Å²) in [5.74, 6) is 0.362. The number of esters is 1. The minimum atomic E-state index is -0.497. The number of hydrogen-bond donors (Lipinski definition) is 1. The normalized spacial score (nSPS) is 10.6. The lowest BCUT2D eigenvalue weighted by Gasteiger charge is -2.05. The molecule has 0 spiro atoms. The van der Waals surface area contributed by atoms with Crippen molar-refractivity contribution in [3.05, 3.63) is 23.7 Å². The lowest BCUT2D eigenvalue weighted by molar-refractivity contribution is 0.00782. The van der Waals surface area contributed by atoms with Crippen LogP contribution < -0.4 is 0 Å². The summed E-state index contributed by atoms with van der Waals surface area (Å²) >= 11 is 0. The molecule has 0 fully saturated rings. The van der Waals surface area contributed by atoms with Crippen LogP contribution in [0, 0.1) is 6.92 Å². The average molecular weight is 258 g/mol. The van der Waals surface area contributed by atoms with Crippen LogP contribution in [-0.4, -0.2) is 50.7 Å². The van der Waals surface area contributed by atoms with E-state index in [1.165, 1.54) is 0 Å². The van der Waals surface area contributed by atoms with Crippen molar-refractivity contribution in [3.63, 3.8) is 0 Å². The molecule has 1 aromatic rings. The zero-order valence-corrected chi connectivity index (χ0v) is 10.4. The van der Waals surface area contributed by atoms with Crippen molar-refractivity contribution in [1.29, 1.82) is 0 Å². The maximum atomic E-state index is 11.4. The first-order chi connectivity index (χ1) is 8.74. The van der Waals surface area contributed by atoms with Crippen molar-refractivity contribution in [3.8, 4) is 0 Å². The second-order valence-corrected chi connectivity index (χ2v) is 3.49. The van der Waals surface area contributed by atoms with Crippen molar-refractivity contribution < 1.29 is 28.5 Å². The molecule has 0 aromatic carbocycles. The molecule has 0 atom stereocenters. The topological polar surface area (TPSA) is 78.1 Å². The number of carbonyl (C=O) groups is 1. The molecular weight excluding hydrogens is 240 g/mol. The lowest BCUT2D eigenvalue weighted by atomic mass is 10.4. The predicted molar refractivity (Wildman–Crippen MR) is 62.5 cm³/mol. The van der Waals surface area contributed by atoms with Gasteiger partial charge in [0.05, 0.1) is 33.0 Å². The minimum absolute atomic E-state index is 0.000175. The maximum Gasteiger partial charge on any atom is 0.374 e. The van der Waals surface area contributed by atoms with E-state index < -0.39 is 5.97 Å². The van der Waals surface area contributed by atoms with Crippen LogP contribution in [0.1, 0.15) is 16.3 Å². The molecule has 0 aliphatic carbocycles. The Bertz CT molecular complexity index is 346. The van der Waals surface area contributed by atoms with Gasteiger partial charge in [-0.3, -0.25) is 0 Å². The van der Waals surface area contributed by atoms with E-state index in [2.05, 4.69) is 0 Å². The van der Waals surface area contributed by atoms with Crippen LogP contribution >= 0.6 is 0 Å². The van der Waals surface area contributed by atoms with E-state index in [0.29, 0.717) is 32.2 Å². The van der Waals surface area contributed by atoms with Crippen molar-refractivity contribution in [2.24, 2.45) is 0 Å². The molecule has 1 aromatic heterocycles. The van der Waals surface area contributed by atoms with Gasteiger partial charge in [-0.15, -0.1) is 0 Å². The molecule has 0 bridgehead atoms. The highest BCUT2D eigenvalue weighted by Crippen LogP contribution is 2.07. The first-order valence-corrected chi connectivity index (χ1v) is 5.74. The summed E-state index contributed by atoms with van der Waals surface area (Å²) in [4.78, 5) is 11.4. The van der Waals surface area contributed by atoms with Gasteiger partial charge in [-0.05, 0) is 19.1 Å². The Balaban J connectivity index is 1.99. The van der Waals surface area contributed by atoms with Gasteiger partial charge in [0.25, 0.3) is 0 Å². The molecule has 0 saturated carbocycles. The fraction of sp³-hybridized carbons (Fsp3) is 0.583. The molecule has 0 unspecified atom stereocenters. The Morgan fingerprint density at radius 3 is 2.44 bits per heavy atom. The van der Waals surface area contributed by atoms with E-state index in [4.69, 9.17) is 23.7 Å². The predicted octanol–water partition coefficient (Wildman–Crippen LogP) is 0.770. The molecule has 6 nitrogen and oxygen atoms in total. The Morgan fingerprint density at radius 1 is 1.17 bits per heavy atom. The molecule has 1 heterocycles. The molecular formula is C12H18O6. The molecule has 0 saturated heterocycles. The summed E-state index contributed by atoms with van der Waals surface area (Å²) in [5, 5.41) is 8.45. The Morgan fingerprint density at radius 2 is 1.83 bits per heavy atom. The van der Waals surface area contributed by atoms with Crippen LogP contribution in [0.15, 0.2) is 16.5 Å². The third-order valence-corrected chi connectivity index (χ3v) is 2.01. The highest BCUT2D eigenvalue weighted by molar-refractivity contribution is 5.86. The molecule has 0 aliphatic heterocycles. The number of aliphatic hydroxyl groups excluding tert-OH is 1. The fourth-order valence-electron chi connectivity index (χ4n) is 1.20. The molecule has 1 rings (SSSR count). The van der Waals surface area contributed by atoms with Gasteiger partial charge in [-0.2, -0.15) is 0 Å². The largest absolute Gasteiger partial charge is 0.457 e. The average Bonchev–Trinajstić information content (AvgIpc) is 2.79. The molecule has 1 N–H and O–H groups in total. The quantitative estimate of drug-likeness (QED) is 0.520. The van der Waals surface area contributed by atoms with Gasteiger partial charge >= 0.3 is 5.97 Å². The van der Waals surface area contributed by atoms with E-state index in [1.807, 2.05) is 0 Å². The second kappa shape index (κ2) is 8.68. The summed E-state index contributed by atoms with van der Waals surface area (Å²) in [6, 6.07) is 3.27. The Kier molecular flexibility index (Phi) is 7.09. The first kappa shape index (κ1) is 14.7. The van der Waals surface area contributed by atoms with Crippen molar-refractivity contribution in [1.82, 2.24) is 0 Å². The number of furan rings is 1. The molecule has 0 aliphatic rings. The third-order valence-electron chi connectivity index (χ3n) is 2.01. The molecule has 18 heavy (non-hydrogen) atoms. The van der Waals surface area contributed by atoms with Crippen LogP contribution in [0.2, 0.25) is 0 Å². The van der Waals surface area contributed by atoms with Gasteiger partial charge in [-0.25, -0.2) is 4.79 Å². The van der Waals surface area contributed by atoms with Gasteiger partial charge in [0, 0.05) is 0 Å². The number of aliphatic hydroxyl groups is 1. The van der Waals surface area contributed by atoms with Crippen molar-refractivity contribution >= 4 is 5.97 Å². The van der Waals surface area contributed by atoms with Crippen LogP contribution in [0.5, 0.6) is 0 Å². The van der Waals surface area contributed by atoms with Gasteiger partial charge < -0.3 is 23.7 Å². The summed E-state index contributed by atoms with van der Waals surface area (Å²) in [5.41, 5.74) is 0. The molecule has 0 radical (unpaired) electrons. The van der Waals surface area contributed by atoms with Gasteiger partial charge in [-0.1, -0.05) is 0 Å². The fourth-order valence-corrected chi connectivity index (χ4v) is 1.20. The highest BCUT2D eigenvalue weighted by atomic mass is 16.6. The number of rotatable bonds is 9. The van der Waals surface area contributed by atoms with Gasteiger partial charge in [0.2, 0.25) is 5.76 Å². The van der Waals surface area contributed by atoms with Crippen LogP contribution in [0.3, 0.4) is 0 Å². The third kappa shape index (κ3) is 5.81. The Labute approximate surface area is 105 Å². The summed E-state index contributed by atoms with van der Waals surface area (Å²) in [6.45, 7) is 3.33. The maximum absolute atomic E-state index is 11.4. The monoisotopic (exact) mass is 258 g/mol. The highest BCUT2D eigenvalue weighted by Gasteiger charge is 2.10. The molecule has 0 amide bonds. The van der Waals surface area contributed by atoms with E-state index in [0.717, 1.165) is 0 Å². The van der Waals surface area contributed by atoms with E-state index in [1.54, 1.807) is 19.1 Å². The minimum Gasteiger partial charge on any atom is -0.457 e. The first-order valence-electron chi connectivity index (χ1n) is 5.74. The van der Waals surface area contributed by atoms with Crippen LogP contribution in [0.25, 0.3) is 0 Å². The number of aryl methyl sites for hydroxylation is 1. The van der Waals surface area contributed by atoms with Crippen molar-refractivity contribution in [2.75, 3.05) is 39.6 Å². The Hall–Kier alpha value is -1.37. The van der Waals surface area contributed by atoms with E-state index >= 15 is 0 Å². The van der Waals surface area contributed by atoms with Gasteiger partial charge in [0.15, 0.2) is 0 Å². The lowest BCUT2D eigenvalue weighted by Crippen LogP contribution is -2.13. The van der Waals surface area contributed by atoms with E-state index in [9.17, 15) is 4.79 Å². The summed E-state index contributed by atoms with van der Waals surface area (Å²) in [6.07, 6.45) is 0. The standard InChI is InChI=1S/C12H18O6/c1-10-2-3-11(18-10)12(14)17-9-8-16-7-6-15-5-4-13/h2-3,13H,4-9H2,1H3. The summed E-state index contributed by atoms with van der Waals surface area (Å²) in [7, 11) is 0. The number of hydrogen-bond acceptors (Lipinski definition) is 6. The van der Waals surface area contributed by atoms with Crippen LogP contribution in [0.4, 0.5) is 0 Å². The van der Waals surface area contributed by atoms with Gasteiger partial charge in [0.1, 0.15) is 12.4 Å². The number of ether oxygens (including phenoxy) is 3. The zero-order valence-electron chi connectivity index (χ0n) is 10.4.